The molecule has 70 valence electrons. The molecule has 0 bridgehead atoms. The van der Waals surface area contributed by atoms with Gasteiger partial charge in [-0.3, -0.25) is 9.59 Å². The number of amides is 2. The highest BCUT2D eigenvalue weighted by Crippen LogP contribution is 2.22. The van der Waals surface area contributed by atoms with E-state index in [0.717, 1.165) is 12.8 Å². The minimum atomic E-state index is -0.212. The summed E-state index contributed by atoms with van der Waals surface area (Å²) in [5.41, 5.74) is 0.420. The molecule has 13 heavy (non-hydrogen) atoms. The Morgan fingerprint density at radius 3 is 3.00 bits per heavy atom. The minimum Gasteiger partial charge on any atom is -0.325 e. The third-order valence-corrected chi connectivity index (χ3v) is 2.59. The highest BCUT2D eigenvalue weighted by molar-refractivity contribution is 6.04. The number of hydrogen-bond acceptors (Lipinski definition) is 2. The van der Waals surface area contributed by atoms with Gasteiger partial charge in [-0.1, -0.05) is 6.08 Å². The summed E-state index contributed by atoms with van der Waals surface area (Å²) in [7, 11) is 0. The summed E-state index contributed by atoms with van der Waals surface area (Å²) in [6, 6.07) is -0.212. The number of carbonyl (C=O) groups excluding carboxylic acids is 2. The van der Waals surface area contributed by atoms with Gasteiger partial charge in [0.25, 0.3) is 5.91 Å². The quantitative estimate of drug-likeness (QED) is 0.534. The third kappa shape index (κ3) is 1.13. The Hall–Kier alpha value is -1.32. The van der Waals surface area contributed by atoms with Crippen molar-refractivity contribution in [2.45, 2.75) is 25.8 Å². The van der Waals surface area contributed by atoms with Gasteiger partial charge in [0.05, 0.1) is 0 Å². The largest absolute Gasteiger partial charge is 0.325 e. The molecule has 2 saturated heterocycles. The summed E-state index contributed by atoms with van der Waals surface area (Å²) >= 11 is 0. The lowest BCUT2D eigenvalue weighted by Gasteiger charge is -2.30. The molecule has 1 N–H and O–H groups in total. The normalized spacial score (nSPS) is 30.7. The van der Waals surface area contributed by atoms with E-state index in [1.807, 2.05) is 0 Å². The molecule has 0 aromatic rings. The Morgan fingerprint density at radius 2 is 2.31 bits per heavy atom. The van der Waals surface area contributed by atoms with Gasteiger partial charge in [0.1, 0.15) is 11.7 Å². The average molecular weight is 180 g/mol. The Balaban J connectivity index is 2.30. The Bertz CT molecular complexity index is 296. The van der Waals surface area contributed by atoms with Gasteiger partial charge in [-0.25, -0.2) is 0 Å². The van der Waals surface area contributed by atoms with Gasteiger partial charge in [0.15, 0.2) is 0 Å². The first-order valence-electron chi connectivity index (χ1n) is 4.52. The van der Waals surface area contributed by atoms with E-state index in [1.165, 1.54) is 0 Å². The maximum Gasteiger partial charge on any atom is 0.270 e. The summed E-state index contributed by atoms with van der Waals surface area (Å²) in [6.07, 6.45) is 3.38. The molecule has 0 spiro atoms. The van der Waals surface area contributed by atoms with Gasteiger partial charge in [0, 0.05) is 6.54 Å². The summed E-state index contributed by atoms with van der Waals surface area (Å²) < 4.78 is 0. The zero-order chi connectivity index (χ0) is 9.42. The van der Waals surface area contributed by atoms with Crippen LogP contribution in [0.2, 0.25) is 0 Å². The maximum absolute atomic E-state index is 11.6. The van der Waals surface area contributed by atoms with E-state index in [1.54, 1.807) is 17.9 Å². The second-order valence-electron chi connectivity index (χ2n) is 3.35. The van der Waals surface area contributed by atoms with Crippen LogP contribution in [0, 0.1) is 0 Å². The van der Waals surface area contributed by atoms with Crippen molar-refractivity contribution in [3.63, 3.8) is 0 Å². The average Bonchev–Trinajstić information content (AvgIpc) is 2.60. The zero-order valence-electron chi connectivity index (χ0n) is 7.54. The van der Waals surface area contributed by atoms with E-state index in [-0.39, 0.29) is 17.9 Å². The second-order valence-corrected chi connectivity index (χ2v) is 3.35. The highest BCUT2D eigenvalue weighted by atomic mass is 16.2. The molecule has 4 heteroatoms. The molecule has 2 aliphatic heterocycles. The summed E-state index contributed by atoms with van der Waals surface area (Å²) in [5, 5.41) is 2.62. The van der Waals surface area contributed by atoms with Crippen LogP contribution in [-0.4, -0.2) is 29.3 Å². The molecule has 2 aliphatic rings. The van der Waals surface area contributed by atoms with Crippen LogP contribution >= 0.6 is 0 Å². The molecule has 0 aromatic heterocycles. The molecule has 2 fully saturated rings. The number of rotatable bonds is 0. The topological polar surface area (TPSA) is 49.4 Å². The van der Waals surface area contributed by atoms with Crippen molar-refractivity contribution in [1.82, 2.24) is 10.2 Å². The van der Waals surface area contributed by atoms with Crippen molar-refractivity contribution < 1.29 is 9.59 Å². The summed E-state index contributed by atoms with van der Waals surface area (Å²) in [6.45, 7) is 2.47. The molecule has 0 radical (unpaired) electrons. The Morgan fingerprint density at radius 1 is 1.54 bits per heavy atom. The molecular weight excluding hydrogens is 168 g/mol. The number of nitrogens with zero attached hydrogens (tertiary/aromatic N) is 1. The Kier molecular flexibility index (Phi) is 1.83. The third-order valence-electron chi connectivity index (χ3n) is 2.59. The maximum atomic E-state index is 11.6. The van der Waals surface area contributed by atoms with E-state index in [4.69, 9.17) is 0 Å². The molecule has 1 atom stereocenters. The second kappa shape index (κ2) is 2.87. The van der Waals surface area contributed by atoms with E-state index >= 15 is 0 Å². The predicted molar refractivity (Wildman–Crippen MR) is 46.6 cm³/mol. The highest BCUT2D eigenvalue weighted by Gasteiger charge is 2.39. The van der Waals surface area contributed by atoms with Gasteiger partial charge >= 0.3 is 0 Å². The van der Waals surface area contributed by atoms with Crippen LogP contribution in [-0.2, 0) is 9.59 Å². The van der Waals surface area contributed by atoms with E-state index in [9.17, 15) is 9.59 Å². The van der Waals surface area contributed by atoms with Crippen LogP contribution < -0.4 is 5.32 Å². The monoisotopic (exact) mass is 180 g/mol. The summed E-state index contributed by atoms with van der Waals surface area (Å²) in [5.74, 6) is -0.0743. The van der Waals surface area contributed by atoms with Crippen LogP contribution in [0.15, 0.2) is 11.8 Å². The number of piperazine rings is 1. The lowest BCUT2D eigenvalue weighted by atomic mass is 10.1. The predicted octanol–water partition coefficient (Wildman–Crippen LogP) is 0.0110. The van der Waals surface area contributed by atoms with Crippen LogP contribution in [0.1, 0.15) is 19.8 Å². The van der Waals surface area contributed by atoms with Crippen LogP contribution in [0.4, 0.5) is 0 Å². The molecule has 0 aliphatic carbocycles. The van der Waals surface area contributed by atoms with E-state index < -0.39 is 0 Å². The van der Waals surface area contributed by atoms with E-state index in [0.29, 0.717) is 12.2 Å². The van der Waals surface area contributed by atoms with E-state index in [2.05, 4.69) is 5.32 Å². The van der Waals surface area contributed by atoms with Crippen molar-refractivity contribution in [2.24, 2.45) is 0 Å². The van der Waals surface area contributed by atoms with Crippen LogP contribution in [0.5, 0.6) is 0 Å². The number of nitrogens with one attached hydrogen (secondary N) is 1. The molecule has 4 nitrogen and oxygen atoms in total. The molecule has 2 amide bonds. The lowest BCUT2D eigenvalue weighted by molar-refractivity contribution is -0.140. The number of allylic oxidation sites excluding steroid dienone is 1. The summed E-state index contributed by atoms with van der Waals surface area (Å²) in [4.78, 5) is 24.7. The van der Waals surface area contributed by atoms with Gasteiger partial charge in [0.2, 0.25) is 5.91 Å². The van der Waals surface area contributed by atoms with Gasteiger partial charge in [-0.2, -0.15) is 0 Å². The lowest BCUT2D eigenvalue weighted by Crippen LogP contribution is -2.53. The van der Waals surface area contributed by atoms with Gasteiger partial charge < -0.3 is 10.2 Å². The zero-order valence-corrected chi connectivity index (χ0v) is 7.54. The smallest absolute Gasteiger partial charge is 0.270 e. The molecular formula is C9H12N2O2. The first-order chi connectivity index (χ1) is 6.24. The SMILES string of the molecule is CC=C1NC(=O)[C@@H]2CCCN2C1=O. The molecule has 0 saturated carbocycles. The van der Waals surface area contributed by atoms with Crippen molar-refractivity contribution >= 4 is 11.8 Å². The molecule has 0 aromatic carbocycles. The van der Waals surface area contributed by atoms with Crippen molar-refractivity contribution in [2.75, 3.05) is 6.54 Å². The van der Waals surface area contributed by atoms with Crippen molar-refractivity contribution in [3.8, 4) is 0 Å². The number of carbonyl (C=O) groups is 2. The number of fused-ring (bicyclic) bond motifs is 1. The van der Waals surface area contributed by atoms with Crippen LogP contribution in [0.25, 0.3) is 0 Å². The van der Waals surface area contributed by atoms with Gasteiger partial charge in [-0.15, -0.1) is 0 Å². The van der Waals surface area contributed by atoms with Crippen molar-refractivity contribution in [3.05, 3.63) is 11.8 Å². The minimum absolute atomic E-state index is 0.0369. The number of hydrogen-bond donors (Lipinski definition) is 1. The first-order valence-corrected chi connectivity index (χ1v) is 4.52. The van der Waals surface area contributed by atoms with Gasteiger partial charge in [-0.05, 0) is 19.8 Å². The standard InChI is InChI=1S/C9H12N2O2/c1-2-6-9(13)11-5-3-4-7(11)8(12)10-6/h2,7H,3-5H2,1H3,(H,10,12)/t7-/m0/s1. The fraction of sp³-hybridized carbons (Fsp3) is 0.556. The van der Waals surface area contributed by atoms with Crippen molar-refractivity contribution in [1.29, 1.82) is 0 Å². The molecule has 0 unspecified atom stereocenters. The fourth-order valence-corrected chi connectivity index (χ4v) is 1.90. The van der Waals surface area contributed by atoms with Crippen LogP contribution in [0.3, 0.4) is 0 Å². The Labute approximate surface area is 76.6 Å². The molecule has 2 heterocycles. The molecule has 2 rings (SSSR count). The first kappa shape index (κ1) is 8.29. The fourth-order valence-electron chi connectivity index (χ4n) is 1.90.